The van der Waals surface area contributed by atoms with E-state index in [0.29, 0.717) is 16.9 Å². The second kappa shape index (κ2) is 12.5. The molecule has 10 aromatic rings. The van der Waals surface area contributed by atoms with Gasteiger partial charge in [-0.3, -0.25) is 0 Å². The van der Waals surface area contributed by atoms with Crippen LogP contribution in [0.4, 0.5) is 17.1 Å². The van der Waals surface area contributed by atoms with Crippen molar-refractivity contribution < 1.29 is 15.4 Å². The molecule has 2 heteroatoms. The van der Waals surface area contributed by atoms with E-state index in [4.69, 9.17) is 9.90 Å². The van der Waals surface area contributed by atoms with Crippen molar-refractivity contribution in [3.63, 3.8) is 0 Å². The maximum absolute atomic E-state index is 9.52. The van der Waals surface area contributed by atoms with Gasteiger partial charge in [0, 0.05) is 33.1 Å². The Labute approximate surface area is 313 Å². The van der Waals surface area contributed by atoms with Crippen LogP contribution in [0.3, 0.4) is 0 Å². The summed E-state index contributed by atoms with van der Waals surface area (Å²) < 4.78 is 80.5. The maximum atomic E-state index is 9.52. The van der Waals surface area contributed by atoms with Crippen molar-refractivity contribution in [2.45, 2.75) is 0 Å². The molecule has 0 aliphatic rings. The van der Waals surface area contributed by atoms with Gasteiger partial charge in [0.05, 0.1) is 16.7 Å². The molecule has 0 radical (unpaired) electrons. The molecule has 0 aliphatic heterocycles. The molecule has 0 fully saturated rings. The second-order valence-corrected chi connectivity index (χ2v) is 12.7. The van der Waals surface area contributed by atoms with E-state index in [1.807, 2.05) is 146 Å². The van der Waals surface area contributed by atoms with Gasteiger partial charge in [0.2, 0.25) is 0 Å². The Balaban J connectivity index is 1.15. The van der Waals surface area contributed by atoms with E-state index in [2.05, 4.69) is 0 Å². The fraction of sp³-hybridized carbons (Fsp3) is 0. The van der Waals surface area contributed by atoms with Crippen LogP contribution in [0.1, 0.15) is 11.0 Å². The minimum Gasteiger partial charge on any atom is -0.455 e. The van der Waals surface area contributed by atoms with E-state index < -0.39 is 36.3 Å². The highest BCUT2D eigenvalue weighted by molar-refractivity contribution is 6.09. The number of hydrogen-bond acceptors (Lipinski definition) is 2. The minimum atomic E-state index is -0.483. The zero-order valence-corrected chi connectivity index (χ0v) is 27.8. The third kappa shape index (κ3) is 5.21. The maximum Gasteiger partial charge on any atom is 0.143 e. The van der Waals surface area contributed by atoms with Gasteiger partial charge >= 0.3 is 0 Å². The van der Waals surface area contributed by atoms with Crippen molar-refractivity contribution >= 4 is 60.5 Å². The number of benzene rings is 9. The van der Waals surface area contributed by atoms with Crippen LogP contribution in [0, 0.1) is 0 Å². The number of fused-ring (bicyclic) bond motifs is 5. The molecule has 0 amide bonds. The lowest BCUT2D eigenvalue weighted by Gasteiger charge is -2.27. The number of rotatable bonds is 6. The molecule has 10 rings (SSSR count). The molecule has 1 heterocycles. The lowest BCUT2D eigenvalue weighted by Crippen LogP contribution is -2.10. The minimum absolute atomic E-state index is 0.0275. The summed E-state index contributed by atoms with van der Waals surface area (Å²) in [5, 5.41) is 5.59. The van der Waals surface area contributed by atoms with Crippen molar-refractivity contribution in [1.82, 2.24) is 0 Å². The summed E-state index contributed by atoms with van der Waals surface area (Å²) in [7, 11) is 0. The quantitative estimate of drug-likeness (QED) is 0.175. The van der Waals surface area contributed by atoms with Crippen molar-refractivity contribution in [3.05, 3.63) is 200 Å². The van der Waals surface area contributed by atoms with Gasteiger partial charge in [0.25, 0.3) is 0 Å². The Morgan fingerprint density at radius 2 is 0.962 bits per heavy atom. The first-order valence-electron chi connectivity index (χ1n) is 21.1. The van der Waals surface area contributed by atoms with Gasteiger partial charge in [-0.15, -0.1) is 0 Å². The van der Waals surface area contributed by atoms with E-state index in [0.717, 1.165) is 54.6 Å². The second-order valence-electron chi connectivity index (χ2n) is 12.7. The summed E-state index contributed by atoms with van der Waals surface area (Å²) in [6.45, 7) is 0. The monoisotopic (exact) mass is 671 g/mol. The van der Waals surface area contributed by atoms with Crippen LogP contribution in [0.5, 0.6) is 0 Å². The molecule has 9 aromatic carbocycles. The normalized spacial score (nSPS) is 13.6. The summed E-state index contributed by atoms with van der Waals surface area (Å²) in [6, 6.07) is 44.8. The predicted octanol–water partition coefficient (Wildman–Crippen LogP) is 14.4. The number of para-hydroxylation sites is 2. The van der Waals surface area contributed by atoms with Gasteiger partial charge in [0.1, 0.15) is 11.2 Å². The Bertz CT molecular complexity index is 3310. The average molecular weight is 672 g/mol. The van der Waals surface area contributed by atoms with Crippen LogP contribution in [-0.2, 0) is 0 Å². The van der Waals surface area contributed by atoms with E-state index >= 15 is 0 Å². The van der Waals surface area contributed by atoms with Crippen LogP contribution in [-0.4, -0.2) is 0 Å². The SMILES string of the molecule is [2H]c1c([2H])c(-c2c([2H])c([2H])c(N(c3ccc(-c4cccc5c4oc4ccccc45)cc3)c3cccc4ccccc34)c([2H])c2[2H])c([2H])c([2H])c1-c1ccc2ccccc2c1. The number of furan rings is 1. The molecule has 0 unspecified atom stereocenters. The molecule has 2 nitrogen and oxygen atoms in total. The Morgan fingerprint density at radius 3 is 1.75 bits per heavy atom. The molecule has 1 aromatic heterocycles. The molecular formula is C50H33NO. The van der Waals surface area contributed by atoms with Crippen molar-refractivity contribution in [2.24, 2.45) is 0 Å². The van der Waals surface area contributed by atoms with E-state index in [9.17, 15) is 5.48 Å². The van der Waals surface area contributed by atoms with Crippen LogP contribution in [0.2, 0.25) is 0 Å². The molecule has 0 atom stereocenters. The largest absolute Gasteiger partial charge is 0.455 e. The van der Waals surface area contributed by atoms with E-state index in [-0.39, 0.29) is 34.5 Å². The molecule has 0 saturated carbocycles. The topological polar surface area (TPSA) is 16.4 Å². The Morgan fingerprint density at radius 1 is 0.385 bits per heavy atom. The fourth-order valence-electron chi connectivity index (χ4n) is 7.03. The van der Waals surface area contributed by atoms with Gasteiger partial charge in [-0.25, -0.2) is 0 Å². The van der Waals surface area contributed by atoms with E-state index in [1.54, 1.807) is 11.0 Å². The zero-order valence-electron chi connectivity index (χ0n) is 35.8. The van der Waals surface area contributed by atoms with Gasteiger partial charge in [-0.1, -0.05) is 158 Å². The number of nitrogens with zero attached hydrogens (tertiary/aromatic N) is 1. The molecular weight excluding hydrogens is 631 g/mol. The summed E-state index contributed by atoms with van der Waals surface area (Å²) in [6.07, 6.45) is 0. The van der Waals surface area contributed by atoms with Crippen molar-refractivity contribution in [1.29, 1.82) is 0 Å². The number of anilines is 3. The first-order chi connectivity index (χ1) is 29.1. The molecule has 0 N–H and O–H groups in total. The highest BCUT2D eigenvalue weighted by Crippen LogP contribution is 2.41. The average Bonchev–Trinajstić information content (AvgIpc) is 3.67. The summed E-state index contributed by atoms with van der Waals surface area (Å²) in [4.78, 5) is 1.72. The summed E-state index contributed by atoms with van der Waals surface area (Å²) in [5.74, 6) is 0. The third-order valence-electron chi connectivity index (χ3n) is 9.60. The standard InChI is InChI=1S/C50H33NO/c1-2-11-40-33-41(24-23-34(40)9-1)37-21-19-35(20-22-37)36-25-29-42(30-26-36)51(48-17-7-12-38-10-3-4-13-44(38)48)43-31-27-39(28-32-43)45-15-8-16-47-46-14-5-6-18-49(46)52-50(45)47/h1-33H/i19D,20D,21D,22D,25D,26D,29D,30D. The zero-order chi connectivity index (χ0) is 41.4. The molecule has 52 heavy (non-hydrogen) atoms. The molecule has 0 aliphatic carbocycles. The highest BCUT2D eigenvalue weighted by atomic mass is 16.3. The lowest BCUT2D eigenvalue weighted by molar-refractivity contribution is 0.670. The third-order valence-corrected chi connectivity index (χ3v) is 9.60. The summed E-state index contributed by atoms with van der Waals surface area (Å²) in [5.41, 5.74) is 4.49. The number of hydrogen-bond donors (Lipinski definition) is 0. The van der Waals surface area contributed by atoms with Gasteiger partial charge < -0.3 is 9.32 Å². The van der Waals surface area contributed by atoms with Gasteiger partial charge in [-0.2, -0.15) is 0 Å². The summed E-state index contributed by atoms with van der Waals surface area (Å²) >= 11 is 0. The van der Waals surface area contributed by atoms with Crippen LogP contribution < -0.4 is 4.90 Å². The Kier molecular flexibility index (Phi) is 5.45. The van der Waals surface area contributed by atoms with E-state index in [1.165, 1.54) is 0 Å². The van der Waals surface area contributed by atoms with Crippen LogP contribution in [0.25, 0.3) is 76.9 Å². The Hall–Kier alpha value is -6.90. The fourth-order valence-corrected chi connectivity index (χ4v) is 7.03. The smallest absolute Gasteiger partial charge is 0.143 e. The first-order valence-corrected chi connectivity index (χ1v) is 17.1. The molecule has 0 saturated heterocycles. The van der Waals surface area contributed by atoms with Crippen LogP contribution in [0.15, 0.2) is 204 Å². The van der Waals surface area contributed by atoms with Crippen molar-refractivity contribution in [3.8, 4) is 33.4 Å². The van der Waals surface area contributed by atoms with Gasteiger partial charge in [0.15, 0.2) is 0 Å². The molecule has 0 bridgehead atoms. The lowest BCUT2D eigenvalue weighted by atomic mass is 9.98. The molecule has 0 spiro atoms. The van der Waals surface area contributed by atoms with Crippen molar-refractivity contribution in [2.75, 3.05) is 4.90 Å². The highest BCUT2D eigenvalue weighted by Gasteiger charge is 2.17. The molecule has 244 valence electrons. The predicted molar refractivity (Wildman–Crippen MR) is 220 cm³/mol. The first kappa shape index (κ1) is 22.7. The van der Waals surface area contributed by atoms with Gasteiger partial charge in [-0.05, 0) is 86.4 Å². The van der Waals surface area contributed by atoms with Crippen LogP contribution >= 0.6 is 0 Å².